The minimum atomic E-state index is -0.501. The highest BCUT2D eigenvalue weighted by molar-refractivity contribution is 7.80. The van der Waals surface area contributed by atoms with Crippen LogP contribution in [0.3, 0.4) is 0 Å². The average Bonchev–Trinajstić information content (AvgIpc) is 2.47. The Hall–Kier alpha value is -2.02. The van der Waals surface area contributed by atoms with Gasteiger partial charge in [0.25, 0.3) is 6.04 Å². The molecule has 2 heterocycles. The summed E-state index contributed by atoms with van der Waals surface area (Å²) in [7, 11) is 0. The van der Waals surface area contributed by atoms with E-state index in [0.29, 0.717) is 31.2 Å². The second kappa shape index (κ2) is 7.12. The molecule has 1 aliphatic rings. The van der Waals surface area contributed by atoms with E-state index < -0.39 is 6.04 Å². The van der Waals surface area contributed by atoms with E-state index in [9.17, 15) is 9.59 Å². The Morgan fingerprint density at radius 3 is 2.81 bits per heavy atom. The molecular weight excluding hydrogens is 290 g/mol. The van der Waals surface area contributed by atoms with Crippen molar-refractivity contribution in [3.8, 4) is 0 Å². The quantitative estimate of drug-likeness (QED) is 0.478. The third-order valence-electron chi connectivity index (χ3n) is 3.19. The molecule has 1 N–H and O–H groups in total. The van der Waals surface area contributed by atoms with Crippen LogP contribution in [-0.2, 0) is 14.3 Å². The first kappa shape index (κ1) is 15.4. The summed E-state index contributed by atoms with van der Waals surface area (Å²) in [6, 6.07) is 5.08. The summed E-state index contributed by atoms with van der Waals surface area (Å²) in [5, 5.41) is 2.97. The van der Waals surface area contributed by atoms with Gasteiger partial charge < -0.3 is 15.0 Å². The van der Waals surface area contributed by atoms with Gasteiger partial charge in [-0.25, -0.2) is 4.79 Å². The molecule has 2 rings (SSSR count). The van der Waals surface area contributed by atoms with Gasteiger partial charge >= 0.3 is 5.97 Å². The first-order chi connectivity index (χ1) is 10.1. The topological polar surface area (TPSA) is 62.5 Å². The summed E-state index contributed by atoms with van der Waals surface area (Å²) in [6.07, 6.45) is 4.00. The SMILES string of the molecule is CCOC(=O)C(CN1CCC(=O)NC1=S)[n+]1ccccc1. The van der Waals surface area contributed by atoms with Gasteiger partial charge in [0, 0.05) is 25.1 Å². The number of carbonyl (C=O) groups is 2. The van der Waals surface area contributed by atoms with E-state index in [4.69, 9.17) is 17.0 Å². The van der Waals surface area contributed by atoms with Gasteiger partial charge in [-0.2, -0.15) is 4.57 Å². The number of nitrogens with zero attached hydrogens (tertiary/aromatic N) is 2. The molecule has 0 saturated carbocycles. The molecule has 1 saturated heterocycles. The van der Waals surface area contributed by atoms with E-state index in [1.165, 1.54) is 0 Å². The predicted molar refractivity (Wildman–Crippen MR) is 79.2 cm³/mol. The zero-order valence-corrected chi connectivity index (χ0v) is 12.6. The lowest BCUT2D eigenvalue weighted by atomic mass is 10.2. The Balaban J connectivity index is 2.14. The molecule has 0 bridgehead atoms. The molecule has 1 aromatic heterocycles. The number of rotatable bonds is 5. The van der Waals surface area contributed by atoms with E-state index >= 15 is 0 Å². The van der Waals surface area contributed by atoms with Gasteiger partial charge in [-0.05, 0) is 19.1 Å². The Morgan fingerprint density at radius 2 is 2.19 bits per heavy atom. The van der Waals surface area contributed by atoms with Crippen LogP contribution in [0, 0.1) is 0 Å². The molecule has 21 heavy (non-hydrogen) atoms. The fourth-order valence-corrected chi connectivity index (χ4v) is 2.41. The van der Waals surface area contributed by atoms with Crippen LogP contribution >= 0.6 is 12.2 Å². The molecular formula is C14H18N3O3S+. The summed E-state index contributed by atoms with van der Waals surface area (Å²) >= 11 is 5.16. The number of amides is 1. The van der Waals surface area contributed by atoms with Gasteiger partial charge in [-0.1, -0.05) is 6.07 Å². The zero-order chi connectivity index (χ0) is 15.2. The minimum Gasteiger partial charge on any atom is -0.461 e. The van der Waals surface area contributed by atoms with Gasteiger partial charge in [0.15, 0.2) is 17.5 Å². The number of nitrogens with one attached hydrogen (secondary N) is 1. The highest BCUT2D eigenvalue weighted by Gasteiger charge is 2.33. The molecule has 0 aromatic carbocycles. The van der Waals surface area contributed by atoms with E-state index in [1.807, 2.05) is 35.5 Å². The van der Waals surface area contributed by atoms with Crippen molar-refractivity contribution >= 4 is 29.2 Å². The lowest BCUT2D eigenvalue weighted by molar-refractivity contribution is -0.710. The van der Waals surface area contributed by atoms with Crippen molar-refractivity contribution in [2.75, 3.05) is 19.7 Å². The molecule has 0 spiro atoms. The van der Waals surface area contributed by atoms with Crippen LogP contribution < -0.4 is 9.88 Å². The maximum Gasteiger partial charge on any atom is 0.377 e. The number of carbonyl (C=O) groups excluding carboxylic acids is 2. The van der Waals surface area contributed by atoms with Crippen molar-refractivity contribution < 1.29 is 18.9 Å². The van der Waals surface area contributed by atoms with E-state index in [-0.39, 0.29) is 11.9 Å². The summed E-state index contributed by atoms with van der Waals surface area (Å²) in [5.74, 6) is -0.398. The first-order valence-electron chi connectivity index (χ1n) is 6.83. The van der Waals surface area contributed by atoms with Gasteiger partial charge in [0.2, 0.25) is 5.91 Å². The first-order valence-corrected chi connectivity index (χ1v) is 7.23. The van der Waals surface area contributed by atoms with Gasteiger partial charge in [0.05, 0.1) is 13.2 Å². The minimum absolute atomic E-state index is 0.0868. The Kier molecular flexibility index (Phi) is 5.21. The number of aromatic nitrogens is 1. The summed E-state index contributed by atoms with van der Waals surface area (Å²) in [6.45, 7) is 2.97. The van der Waals surface area contributed by atoms with Gasteiger partial charge in [-0.15, -0.1) is 0 Å². The van der Waals surface area contributed by atoms with Crippen LogP contribution in [0.15, 0.2) is 30.6 Å². The summed E-state index contributed by atoms with van der Waals surface area (Å²) in [4.78, 5) is 25.3. The average molecular weight is 308 g/mol. The maximum absolute atomic E-state index is 12.2. The second-order valence-corrected chi connectivity index (χ2v) is 5.03. The monoisotopic (exact) mass is 308 g/mol. The molecule has 1 amide bonds. The molecule has 0 aliphatic carbocycles. The number of ether oxygens (including phenoxy) is 1. The molecule has 112 valence electrons. The molecule has 1 atom stereocenters. The lowest BCUT2D eigenvalue weighted by Crippen LogP contribution is -2.56. The summed E-state index contributed by atoms with van der Waals surface area (Å²) in [5.41, 5.74) is 0. The van der Waals surface area contributed by atoms with Gasteiger partial charge in [0.1, 0.15) is 0 Å². The number of hydrogen-bond donors (Lipinski definition) is 1. The molecule has 7 heteroatoms. The van der Waals surface area contributed by atoms with Crippen LogP contribution in [0.4, 0.5) is 0 Å². The molecule has 1 aromatic rings. The Labute approximate surface area is 128 Å². The molecule has 1 aliphatic heterocycles. The van der Waals surface area contributed by atoms with Crippen molar-refractivity contribution in [3.63, 3.8) is 0 Å². The zero-order valence-electron chi connectivity index (χ0n) is 11.8. The predicted octanol–water partition coefficient (Wildman–Crippen LogP) is 0.185. The standard InChI is InChI=1S/C14H17N3O3S/c1-2-20-13(19)11(16-7-4-3-5-8-16)10-17-9-6-12(18)15-14(17)21/h3-5,7-8,11H,2,6,9-10H2,1H3/p+1. The van der Waals surface area contributed by atoms with Crippen LogP contribution in [-0.4, -0.2) is 41.6 Å². The van der Waals surface area contributed by atoms with E-state index in [0.717, 1.165) is 0 Å². The second-order valence-electron chi connectivity index (χ2n) is 4.64. The fraction of sp³-hybridized carbons (Fsp3) is 0.429. The highest BCUT2D eigenvalue weighted by Crippen LogP contribution is 2.08. The molecule has 1 unspecified atom stereocenters. The van der Waals surface area contributed by atoms with Crippen LogP contribution in [0.2, 0.25) is 0 Å². The number of thiocarbonyl (C=S) groups is 1. The number of pyridine rings is 1. The molecule has 0 radical (unpaired) electrons. The normalized spacial score (nSPS) is 16.3. The molecule has 6 nitrogen and oxygen atoms in total. The van der Waals surface area contributed by atoms with Crippen molar-refractivity contribution in [3.05, 3.63) is 30.6 Å². The maximum atomic E-state index is 12.2. The fourth-order valence-electron chi connectivity index (χ4n) is 2.13. The number of hydrogen-bond acceptors (Lipinski definition) is 4. The van der Waals surface area contributed by atoms with E-state index in [1.54, 1.807) is 11.5 Å². The van der Waals surface area contributed by atoms with E-state index in [2.05, 4.69) is 5.32 Å². The smallest absolute Gasteiger partial charge is 0.377 e. The molecule has 1 fully saturated rings. The Bertz CT molecular complexity index is 536. The Morgan fingerprint density at radius 1 is 1.48 bits per heavy atom. The largest absolute Gasteiger partial charge is 0.461 e. The van der Waals surface area contributed by atoms with Crippen molar-refractivity contribution in [1.29, 1.82) is 0 Å². The van der Waals surface area contributed by atoms with Crippen molar-refractivity contribution in [1.82, 2.24) is 10.2 Å². The highest BCUT2D eigenvalue weighted by atomic mass is 32.1. The summed E-state index contributed by atoms with van der Waals surface area (Å²) < 4.78 is 6.93. The van der Waals surface area contributed by atoms with Crippen molar-refractivity contribution in [2.24, 2.45) is 0 Å². The van der Waals surface area contributed by atoms with Crippen LogP contribution in [0.1, 0.15) is 19.4 Å². The van der Waals surface area contributed by atoms with Crippen LogP contribution in [0.25, 0.3) is 0 Å². The lowest BCUT2D eigenvalue weighted by Gasteiger charge is -2.30. The van der Waals surface area contributed by atoms with Crippen LogP contribution in [0.5, 0.6) is 0 Å². The van der Waals surface area contributed by atoms with Gasteiger partial charge in [-0.3, -0.25) is 4.79 Å². The van der Waals surface area contributed by atoms with Crippen molar-refractivity contribution in [2.45, 2.75) is 19.4 Å². The third-order valence-corrected chi connectivity index (χ3v) is 3.55. The number of esters is 1. The third kappa shape index (κ3) is 3.98.